The van der Waals surface area contributed by atoms with Gasteiger partial charge < -0.3 is 10.1 Å². The number of esters is 1. The molecule has 0 fully saturated rings. The highest BCUT2D eigenvalue weighted by Gasteiger charge is 2.26. The van der Waals surface area contributed by atoms with Gasteiger partial charge in [0.05, 0.1) is 13.0 Å². The summed E-state index contributed by atoms with van der Waals surface area (Å²) >= 11 is 0. The summed E-state index contributed by atoms with van der Waals surface area (Å²) in [5, 5.41) is 2.84. The lowest BCUT2D eigenvalue weighted by molar-refractivity contribution is -0.145. The molecule has 0 radical (unpaired) electrons. The van der Waals surface area contributed by atoms with E-state index in [4.69, 9.17) is 4.74 Å². The highest BCUT2D eigenvalue weighted by Crippen LogP contribution is 2.20. The minimum Gasteiger partial charge on any atom is -0.467 e. The Hall–Kier alpha value is -1.84. The summed E-state index contributed by atoms with van der Waals surface area (Å²) in [6.45, 7) is 5.99. The Morgan fingerprint density at radius 2 is 1.81 bits per heavy atom. The van der Waals surface area contributed by atoms with Gasteiger partial charge in [0.2, 0.25) is 5.91 Å². The van der Waals surface area contributed by atoms with Crippen LogP contribution in [0.15, 0.2) is 30.3 Å². The molecule has 4 nitrogen and oxygen atoms in total. The first-order valence-corrected chi connectivity index (χ1v) is 7.42. The molecule has 0 saturated heterocycles. The van der Waals surface area contributed by atoms with Gasteiger partial charge in [0.25, 0.3) is 0 Å². The maximum absolute atomic E-state index is 12.5. The van der Waals surface area contributed by atoms with E-state index in [2.05, 4.69) is 5.32 Å². The van der Waals surface area contributed by atoms with Gasteiger partial charge in [0.1, 0.15) is 6.04 Å². The minimum atomic E-state index is -0.583. The third kappa shape index (κ3) is 5.21. The van der Waals surface area contributed by atoms with E-state index < -0.39 is 6.04 Å². The summed E-state index contributed by atoms with van der Waals surface area (Å²) in [7, 11) is 1.34. The summed E-state index contributed by atoms with van der Waals surface area (Å²) in [4.78, 5) is 24.3. The average Bonchev–Trinajstić information content (AvgIpc) is 2.47. The van der Waals surface area contributed by atoms with Crippen molar-refractivity contribution in [3.63, 3.8) is 0 Å². The van der Waals surface area contributed by atoms with E-state index >= 15 is 0 Å². The highest BCUT2D eigenvalue weighted by molar-refractivity contribution is 5.88. The van der Waals surface area contributed by atoms with E-state index in [0.29, 0.717) is 18.8 Å². The summed E-state index contributed by atoms with van der Waals surface area (Å²) in [6, 6.07) is 9.03. The maximum atomic E-state index is 12.5. The Labute approximate surface area is 126 Å². The van der Waals surface area contributed by atoms with Crippen molar-refractivity contribution in [1.82, 2.24) is 5.32 Å². The first-order chi connectivity index (χ1) is 9.99. The molecule has 2 atom stereocenters. The number of ether oxygens (including phenoxy) is 1. The maximum Gasteiger partial charge on any atom is 0.328 e. The fourth-order valence-corrected chi connectivity index (χ4v) is 2.36. The number of hydrogen-bond donors (Lipinski definition) is 1. The monoisotopic (exact) mass is 291 g/mol. The van der Waals surface area contributed by atoms with Crippen molar-refractivity contribution in [2.24, 2.45) is 5.92 Å². The molecule has 1 aromatic carbocycles. The van der Waals surface area contributed by atoms with Gasteiger partial charge >= 0.3 is 5.97 Å². The van der Waals surface area contributed by atoms with Gasteiger partial charge in [0, 0.05) is 0 Å². The van der Waals surface area contributed by atoms with Crippen molar-refractivity contribution >= 4 is 11.9 Å². The van der Waals surface area contributed by atoms with Crippen LogP contribution in [0.4, 0.5) is 0 Å². The molecule has 2 unspecified atom stereocenters. The molecule has 1 aromatic rings. The molecule has 116 valence electrons. The predicted octanol–water partition coefficient (Wildman–Crippen LogP) is 2.88. The molecule has 1 N–H and O–H groups in total. The van der Waals surface area contributed by atoms with E-state index in [1.807, 2.05) is 51.1 Å². The Kier molecular flexibility index (Phi) is 6.92. The minimum absolute atomic E-state index is 0.125. The third-order valence-electron chi connectivity index (χ3n) is 3.44. The van der Waals surface area contributed by atoms with E-state index in [-0.39, 0.29) is 17.8 Å². The first kappa shape index (κ1) is 17.2. The first-order valence-electron chi connectivity index (χ1n) is 7.42. The van der Waals surface area contributed by atoms with Crippen LogP contribution in [0.25, 0.3) is 0 Å². The number of benzene rings is 1. The molecule has 0 spiro atoms. The van der Waals surface area contributed by atoms with Crippen LogP contribution < -0.4 is 5.32 Å². The second kappa shape index (κ2) is 8.45. The lowest BCUT2D eigenvalue weighted by Crippen LogP contribution is -2.44. The Morgan fingerprint density at radius 1 is 1.19 bits per heavy atom. The van der Waals surface area contributed by atoms with Crippen LogP contribution in [0.1, 0.15) is 45.1 Å². The molecule has 1 rings (SSSR count). The third-order valence-corrected chi connectivity index (χ3v) is 3.44. The lowest BCUT2D eigenvalue weighted by atomic mass is 9.94. The quantitative estimate of drug-likeness (QED) is 0.786. The Morgan fingerprint density at radius 3 is 2.29 bits per heavy atom. The highest BCUT2D eigenvalue weighted by atomic mass is 16.5. The van der Waals surface area contributed by atoms with E-state index in [9.17, 15) is 9.59 Å². The number of carbonyl (C=O) groups is 2. The molecular formula is C17H25NO3. The van der Waals surface area contributed by atoms with Crippen molar-refractivity contribution in [2.45, 2.75) is 45.6 Å². The largest absolute Gasteiger partial charge is 0.467 e. The number of amides is 1. The molecular weight excluding hydrogens is 266 g/mol. The molecule has 0 heterocycles. The molecule has 0 bridgehead atoms. The van der Waals surface area contributed by atoms with Crippen LogP contribution in [-0.2, 0) is 14.3 Å². The van der Waals surface area contributed by atoms with Crippen molar-refractivity contribution in [3.8, 4) is 0 Å². The van der Waals surface area contributed by atoms with E-state index in [1.165, 1.54) is 7.11 Å². The Balaban J connectivity index is 2.81. The molecule has 0 aromatic heterocycles. The van der Waals surface area contributed by atoms with Crippen LogP contribution in [0.5, 0.6) is 0 Å². The summed E-state index contributed by atoms with van der Waals surface area (Å²) in [5.41, 5.74) is 0.964. The zero-order valence-electron chi connectivity index (χ0n) is 13.3. The molecule has 0 aliphatic rings. The zero-order valence-corrected chi connectivity index (χ0v) is 13.3. The van der Waals surface area contributed by atoms with Gasteiger partial charge in [0.15, 0.2) is 0 Å². The second-order valence-corrected chi connectivity index (χ2v) is 5.59. The topological polar surface area (TPSA) is 55.4 Å². The average molecular weight is 291 g/mol. The van der Waals surface area contributed by atoms with Crippen molar-refractivity contribution < 1.29 is 14.3 Å². The SMILES string of the molecule is CCC(C(=O)NC(CC(C)C)C(=O)OC)c1ccccc1. The molecule has 4 heteroatoms. The van der Waals surface area contributed by atoms with Gasteiger partial charge in [-0.15, -0.1) is 0 Å². The van der Waals surface area contributed by atoms with Gasteiger partial charge in [-0.05, 0) is 24.3 Å². The number of carbonyl (C=O) groups excluding carboxylic acids is 2. The predicted molar refractivity (Wildman–Crippen MR) is 82.9 cm³/mol. The van der Waals surface area contributed by atoms with Crippen molar-refractivity contribution in [1.29, 1.82) is 0 Å². The van der Waals surface area contributed by atoms with Crippen LogP contribution in [0.3, 0.4) is 0 Å². The second-order valence-electron chi connectivity index (χ2n) is 5.59. The fraction of sp³-hybridized carbons (Fsp3) is 0.529. The van der Waals surface area contributed by atoms with Crippen molar-refractivity contribution in [3.05, 3.63) is 35.9 Å². The normalized spacial score (nSPS) is 13.6. The number of nitrogens with one attached hydrogen (secondary N) is 1. The van der Waals surface area contributed by atoms with Gasteiger partial charge in [-0.25, -0.2) is 4.79 Å². The van der Waals surface area contributed by atoms with Gasteiger partial charge in [-0.3, -0.25) is 4.79 Å². The standard InChI is InChI=1S/C17H25NO3/c1-5-14(13-9-7-6-8-10-13)16(19)18-15(11-12(2)3)17(20)21-4/h6-10,12,14-15H,5,11H2,1-4H3,(H,18,19). The summed E-state index contributed by atoms with van der Waals surface area (Å²) in [6.07, 6.45) is 1.26. The smallest absolute Gasteiger partial charge is 0.328 e. The Bertz CT molecular complexity index is 456. The van der Waals surface area contributed by atoms with Gasteiger partial charge in [-0.1, -0.05) is 51.1 Å². The molecule has 0 aliphatic heterocycles. The summed E-state index contributed by atoms with van der Waals surface area (Å²) in [5.74, 6) is -0.462. The molecule has 0 saturated carbocycles. The molecule has 1 amide bonds. The molecule has 21 heavy (non-hydrogen) atoms. The molecule has 0 aliphatic carbocycles. The van der Waals surface area contributed by atoms with E-state index in [1.54, 1.807) is 0 Å². The van der Waals surface area contributed by atoms with Crippen LogP contribution in [0.2, 0.25) is 0 Å². The lowest BCUT2D eigenvalue weighted by Gasteiger charge is -2.22. The number of rotatable bonds is 7. The van der Waals surface area contributed by atoms with Crippen LogP contribution >= 0.6 is 0 Å². The van der Waals surface area contributed by atoms with Crippen LogP contribution in [0, 0.1) is 5.92 Å². The summed E-state index contributed by atoms with van der Waals surface area (Å²) < 4.78 is 4.78. The number of hydrogen-bond acceptors (Lipinski definition) is 3. The van der Waals surface area contributed by atoms with Crippen molar-refractivity contribution in [2.75, 3.05) is 7.11 Å². The fourth-order valence-electron chi connectivity index (χ4n) is 2.36. The number of methoxy groups -OCH3 is 1. The van der Waals surface area contributed by atoms with Crippen LogP contribution in [-0.4, -0.2) is 25.0 Å². The zero-order chi connectivity index (χ0) is 15.8. The van der Waals surface area contributed by atoms with Gasteiger partial charge in [-0.2, -0.15) is 0 Å². The van der Waals surface area contributed by atoms with E-state index in [0.717, 1.165) is 5.56 Å².